The average Bonchev–Trinajstić information content (AvgIpc) is 2.74. The summed E-state index contributed by atoms with van der Waals surface area (Å²) in [6.07, 6.45) is 0. The van der Waals surface area contributed by atoms with Crippen LogP contribution in [0.5, 0.6) is 0 Å². The molecule has 0 radical (unpaired) electrons. The molecule has 4 N–H and O–H groups in total. The lowest BCUT2D eigenvalue weighted by Gasteiger charge is -2.12. The van der Waals surface area contributed by atoms with Gasteiger partial charge >= 0.3 is 11.1 Å². The fourth-order valence-electron chi connectivity index (χ4n) is 3.13. The predicted molar refractivity (Wildman–Crippen MR) is 122 cm³/mol. The number of rotatable bonds is 5. The molecule has 0 saturated heterocycles. The van der Waals surface area contributed by atoms with Gasteiger partial charge in [0.1, 0.15) is 0 Å². The van der Waals surface area contributed by atoms with Gasteiger partial charge in [0.25, 0.3) is 0 Å². The standard InChI is InChI=1S/C22H18ClN3O3S/c1-12-7-18-19(25-22(29)21(28)24-18)10-20(12)30-26-15-5-6-16(17(23)9-15)14-4-2-3-13(8-14)11-27/h2-10,26-27H,11H2,1H3,(H,24,28)(H,25,29). The Morgan fingerprint density at radius 1 is 1.00 bits per heavy atom. The van der Waals surface area contributed by atoms with Crippen molar-refractivity contribution in [1.29, 1.82) is 0 Å². The minimum Gasteiger partial charge on any atom is -0.392 e. The maximum Gasteiger partial charge on any atom is 0.314 e. The first-order chi connectivity index (χ1) is 14.4. The molecule has 0 saturated carbocycles. The van der Waals surface area contributed by atoms with Crippen LogP contribution in [0.1, 0.15) is 11.1 Å². The maximum atomic E-state index is 11.6. The molecule has 0 spiro atoms. The zero-order valence-electron chi connectivity index (χ0n) is 16.0. The number of fused-ring (bicyclic) bond motifs is 1. The molecule has 0 aliphatic heterocycles. The van der Waals surface area contributed by atoms with Crippen molar-refractivity contribution in [3.8, 4) is 11.1 Å². The van der Waals surface area contributed by atoms with Crippen LogP contribution in [-0.2, 0) is 6.61 Å². The fraction of sp³-hybridized carbons (Fsp3) is 0.0909. The second-order valence-electron chi connectivity index (χ2n) is 6.83. The monoisotopic (exact) mass is 439 g/mol. The van der Waals surface area contributed by atoms with E-state index in [1.807, 2.05) is 61.5 Å². The van der Waals surface area contributed by atoms with Crippen LogP contribution in [0.3, 0.4) is 0 Å². The lowest BCUT2D eigenvalue weighted by molar-refractivity contribution is 0.282. The summed E-state index contributed by atoms with van der Waals surface area (Å²) in [5.74, 6) is 0. The van der Waals surface area contributed by atoms with Gasteiger partial charge in [0.2, 0.25) is 0 Å². The van der Waals surface area contributed by atoms with Gasteiger partial charge in [-0.2, -0.15) is 0 Å². The molecule has 4 aromatic rings. The summed E-state index contributed by atoms with van der Waals surface area (Å²) in [6, 6.07) is 16.9. The predicted octanol–water partition coefficient (Wildman–Crippen LogP) is 4.46. The number of aliphatic hydroxyl groups is 1. The van der Waals surface area contributed by atoms with E-state index in [9.17, 15) is 14.7 Å². The van der Waals surface area contributed by atoms with Gasteiger partial charge < -0.3 is 19.8 Å². The first kappa shape index (κ1) is 20.3. The highest BCUT2D eigenvalue weighted by molar-refractivity contribution is 8.00. The Morgan fingerprint density at radius 3 is 2.43 bits per heavy atom. The normalized spacial score (nSPS) is 11.0. The number of H-pyrrole nitrogens is 2. The third-order valence-electron chi connectivity index (χ3n) is 4.69. The van der Waals surface area contributed by atoms with Gasteiger partial charge in [-0.3, -0.25) is 9.59 Å². The molecule has 3 aromatic carbocycles. The maximum absolute atomic E-state index is 11.6. The van der Waals surface area contributed by atoms with Crippen molar-refractivity contribution in [2.24, 2.45) is 0 Å². The van der Waals surface area contributed by atoms with E-state index in [2.05, 4.69) is 14.7 Å². The van der Waals surface area contributed by atoms with E-state index in [1.54, 1.807) is 0 Å². The van der Waals surface area contributed by atoms with Crippen LogP contribution < -0.4 is 15.8 Å². The summed E-state index contributed by atoms with van der Waals surface area (Å²) < 4.78 is 3.26. The molecule has 0 aliphatic carbocycles. The number of hydrogen-bond acceptors (Lipinski definition) is 5. The van der Waals surface area contributed by atoms with Crippen LogP contribution in [0, 0.1) is 6.92 Å². The van der Waals surface area contributed by atoms with Crippen molar-refractivity contribution in [3.63, 3.8) is 0 Å². The van der Waals surface area contributed by atoms with E-state index in [4.69, 9.17) is 11.6 Å². The van der Waals surface area contributed by atoms with E-state index >= 15 is 0 Å². The van der Waals surface area contributed by atoms with Gasteiger partial charge in [-0.25, -0.2) is 0 Å². The molecule has 0 fully saturated rings. The summed E-state index contributed by atoms with van der Waals surface area (Å²) in [5, 5.41) is 9.93. The highest BCUT2D eigenvalue weighted by Crippen LogP contribution is 2.33. The van der Waals surface area contributed by atoms with Crippen molar-refractivity contribution in [3.05, 3.63) is 91.5 Å². The van der Waals surface area contributed by atoms with E-state index in [0.717, 1.165) is 32.8 Å². The SMILES string of the molecule is Cc1cc2[nH]c(=O)c(=O)[nH]c2cc1SNc1ccc(-c2cccc(CO)c2)c(Cl)c1. The van der Waals surface area contributed by atoms with Crippen LogP contribution in [0.4, 0.5) is 5.69 Å². The molecule has 0 aliphatic rings. The Balaban J connectivity index is 1.57. The van der Waals surface area contributed by atoms with Crippen molar-refractivity contribution in [2.45, 2.75) is 18.4 Å². The summed E-state index contributed by atoms with van der Waals surface area (Å²) >= 11 is 7.88. The van der Waals surface area contributed by atoms with E-state index in [-0.39, 0.29) is 6.61 Å². The Bertz CT molecular complexity index is 1360. The minimum atomic E-state index is -0.678. The molecular weight excluding hydrogens is 422 g/mol. The summed E-state index contributed by atoms with van der Waals surface area (Å²) in [7, 11) is 0. The minimum absolute atomic E-state index is 0.0218. The number of aromatic nitrogens is 2. The molecule has 0 amide bonds. The lowest BCUT2D eigenvalue weighted by atomic mass is 10.0. The van der Waals surface area contributed by atoms with Gasteiger partial charge in [0, 0.05) is 16.1 Å². The van der Waals surface area contributed by atoms with Gasteiger partial charge in [-0.05, 0) is 65.9 Å². The number of aromatic amines is 2. The second kappa shape index (κ2) is 8.39. The number of nitrogens with one attached hydrogen (secondary N) is 3. The van der Waals surface area contributed by atoms with Gasteiger partial charge in [0.15, 0.2) is 0 Å². The zero-order chi connectivity index (χ0) is 21.3. The summed E-state index contributed by atoms with van der Waals surface area (Å²) in [6.45, 7) is 1.91. The molecule has 8 heteroatoms. The molecular formula is C22H18ClN3O3S. The quantitative estimate of drug-likeness (QED) is 0.272. The van der Waals surface area contributed by atoms with Crippen LogP contribution in [0.15, 0.2) is 69.1 Å². The molecule has 4 rings (SSSR count). The molecule has 152 valence electrons. The average molecular weight is 440 g/mol. The highest BCUT2D eigenvalue weighted by Gasteiger charge is 2.08. The Hall–Kier alpha value is -3.00. The molecule has 30 heavy (non-hydrogen) atoms. The van der Waals surface area contributed by atoms with Crippen molar-refractivity contribution in [2.75, 3.05) is 4.72 Å². The van der Waals surface area contributed by atoms with Crippen LogP contribution in [0.25, 0.3) is 22.2 Å². The third kappa shape index (κ3) is 4.14. The van der Waals surface area contributed by atoms with E-state index in [0.29, 0.717) is 16.1 Å². The van der Waals surface area contributed by atoms with E-state index < -0.39 is 11.1 Å². The molecule has 0 atom stereocenters. The topological polar surface area (TPSA) is 98.0 Å². The lowest BCUT2D eigenvalue weighted by Crippen LogP contribution is -2.28. The van der Waals surface area contributed by atoms with E-state index in [1.165, 1.54) is 11.9 Å². The molecule has 0 bridgehead atoms. The number of anilines is 1. The van der Waals surface area contributed by atoms with Crippen LogP contribution >= 0.6 is 23.5 Å². The van der Waals surface area contributed by atoms with Crippen LogP contribution in [0.2, 0.25) is 5.02 Å². The first-order valence-corrected chi connectivity index (χ1v) is 10.3. The van der Waals surface area contributed by atoms with Gasteiger partial charge in [0.05, 0.1) is 22.7 Å². The second-order valence-corrected chi connectivity index (χ2v) is 8.08. The Kier molecular flexibility index (Phi) is 5.67. The van der Waals surface area contributed by atoms with Crippen LogP contribution in [-0.4, -0.2) is 15.1 Å². The van der Waals surface area contributed by atoms with Gasteiger partial charge in [-0.15, -0.1) is 0 Å². The van der Waals surface area contributed by atoms with Crippen molar-refractivity contribution >= 4 is 40.3 Å². The molecule has 1 aromatic heterocycles. The number of hydrogen-bond donors (Lipinski definition) is 4. The summed E-state index contributed by atoms with van der Waals surface area (Å²) in [4.78, 5) is 29.1. The first-order valence-electron chi connectivity index (χ1n) is 9.14. The number of aliphatic hydroxyl groups excluding tert-OH is 1. The van der Waals surface area contributed by atoms with Gasteiger partial charge in [-0.1, -0.05) is 35.9 Å². The largest absolute Gasteiger partial charge is 0.392 e. The number of aryl methyl sites for hydroxylation is 1. The zero-order valence-corrected chi connectivity index (χ0v) is 17.5. The Morgan fingerprint density at radius 2 is 1.73 bits per heavy atom. The number of benzene rings is 3. The fourth-order valence-corrected chi connectivity index (χ4v) is 4.17. The number of halogens is 1. The highest BCUT2D eigenvalue weighted by atomic mass is 35.5. The van der Waals surface area contributed by atoms with Crippen molar-refractivity contribution in [1.82, 2.24) is 9.97 Å². The summed E-state index contributed by atoms with van der Waals surface area (Å²) in [5.41, 5.74) is 4.22. The molecule has 1 heterocycles. The van der Waals surface area contributed by atoms with Crippen molar-refractivity contribution < 1.29 is 5.11 Å². The Labute approximate surface area is 181 Å². The molecule has 0 unspecified atom stereocenters. The molecule has 6 nitrogen and oxygen atoms in total. The third-order valence-corrected chi connectivity index (χ3v) is 6.00. The smallest absolute Gasteiger partial charge is 0.314 e.